The molecule has 0 aliphatic rings. The highest BCUT2D eigenvalue weighted by Crippen LogP contribution is 2.32. The Labute approximate surface area is 193 Å². The highest BCUT2D eigenvalue weighted by molar-refractivity contribution is 7.22. The Morgan fingerprint density at radius 2 is 1.84 bits per heavy atom. The van der Waals surface area contributed by atoms with Gasteiger partial charge in [-0.25, -0.2) is 13.8 Å². The third kappa shape index (κ3) is 5.12. The van der Waals surface area contributed by atoms with Gasteiger partial charge in [-0.2, -0.15) is 0 Å². The molecule has 0 atom stereocenters. The lowest BCUT2D eigenvalue weighted by Gasteiger charge is -2.19. The zero-order chi connectivity index (χ0) is 22.0. The first-order chi connectivity index (χ1) is 14.9. The van der Waals surface area contributed by atoms with E-state index in [0.717, 1.165) is 29.5 Å². The third-order valence-electron chi connectivity index (χ3n) is 4.65. The lowest BCUT2D eigenvalue weighted by Crippen LogP contribution is -2.33. The molecular weight excluding hydrogens is 458 g/mol. The van der Waals surface area contributed by atoms with Crippen LogP contribution in [0.25, 0.3) is 21.5 Å². The van der Waals surface area contributed by atoms with Crippen LogP contribution in [0.1, 0.15) is 16.9 Å². The van der Waals surface area contributed by atoms with Gasteiger partial charge in [-0.3, -0.25) is 9.69 Å². The lowest BCUT2D eigenvalue weighted by molar-refractivity contribution is 0.0977. The Morgan fingerprint density at radius 1 is 1.09 bits per heavy atom. The fourth-order valence-electron chi connectivity index (χ4n) is 3.14. The van der Waals surface area contributed by atoms with Crippen LogP contribution in [0.3, 0.4) is 0 Å². The van der Waals surface area contributed by atoms with Crippen molar-refractivity contribution in [1.29, 1.82) is 0 Å². The van der Waals surface area contributed by atoms with Gasteiger partial charge in [0.1, 0.15) is 11.3 Å². The Morgan fingerprint density at radius 3 is 2.56 bits per heavy atom. The van der Waals surface area contributed by atoms with Crippen LogP contribution in [-0.4, -0.2) is 48.1 Å². The molecule has 168 valence electrons. The first kappa shape index (κ1) is 23.8. The molecule has 0 fully saturated rings. The zero-order valence-electron chi connectivity index (χ0n) is 17.4. The molecule has 2 heterocycles. The molecule has 4 rings (SSSR count). The number of hydrogen-bond donors (Lipinski definition) is 0. The standard InChI is InChI=1S/C22H20F2N4O2S.ClH/c1-27(2)9-6-10-28(22-25-20-16(24)11-15(23)12-19(20)31-22)21(29)17-13-18(30-26-17)14-7-4-3-5-8-14;/h3-5,7-8,11-13H,6,9-10H2,1-2H3;1H. The highest BCUT2D eigenvalue weighted by atomic mass is 35.5. The summed E-state index contributed by atoms with van der Waals surface area (Å²) in [5.74, 6) is -1.39. The van der Waals surface area contributed by atoms with Crippen LogP contribution in [0.5, 0.6) is 0 Å². The van der Waals surface area contributed by atoms with E-state index in [0.29, 0.717) is 23.4 Å². The Hall–Kier alpha value is -2.88. The van der Waals surface area contributed by atoms with Gasteiger partial charge in [0.2, 0.25) is 0 Å². The quantitative estimate of drug-likeness (QED) is 0.363. The molecule has 0 unspecified atom stereocenters. The Kier molecular flexibility index (Phi) is 7.55. The van der Waals surface area contributed by atoms with E-state index in [1.54, 1.807) is 6.07 Å². The molecule has 10 heteroatoms. The number of carbonyl (C=O) groups excluding carboxylic acids is 1. The summed E-state index contributed by atoms with van der Waals surface area (Å²) in [6.45, 7) is 1.08. The predicted octanol–water partition coefficient (Wildman–Crippen LogP) is 5.25. The summed E-state index contributed by atoms with van der Waals surface area (Å²) in [6.07, 6.45) is 0.662. The van der Waals surface area contributed by atoms with Crippen molar-refractivity contribution in [3.8, 4) is 11.3 Å². The summed E-state index contributed by atoms with van der Waals surface area (Å²) in [6, 6.07) is 12.9. The fraction of sp³-hybridized carbons (Fsp3) is 0.227. The normalized spacial score (nSPS) is 11.0. The van der Waals surface area contributed by atoms with Crippen LogP contribution >= 0.6 is 23.7 Å². The summed E-state index contributed by atoms with van der Waals surface area (Å²) in [7, 11) is 3.87. The molecule has 6 nitrogen and oxygen atoms in total. The van der Waals surface area contributed by atoms with E-state index in [9.17, 15) is 13.6 Å². The number of nitrogens with zero attached hydrogens (tertiary/aromatic N) is 4. The summed E-state index contributed by atoms with van der Waals surface area (Å²) in [5.41, 5.74) is 0.956. The van der Waals surface area contributed by atoms with Crippen molar-refractivity contribution in [1.82, 2.24) is 15.0 Å². The molecular formula is C22H21ClF2N4O2S. The highest BCUT2D eigenvalue weighted by Gasteiger charge is 2.25. The number of rotatable bonds is 7. The van der Waals surface area contributed by atoms with Gasteiger partial charge >= 0.3 is 0 Å². The SMILES string of the molecule is CN(C)CCCN(C(=O)c1cc(-c2ccccc2)on1)c1nc2c(F)cc(F)cc2s1.Cl. The second-order valence-electron chi connectivity index (χ2n) is 7.29. The second kappa shape index (κ2) is 10.2. The maximum atomic E-state index is 14.2. The maximum absolute atomic E-state index is 14.2. The number of halogens is 3. The van der Waals surface area contributed by atoms with Gasteiger partial charge in [-0.15, -0.1) is 12.4 Å². The molecule has 0 spiro atoms. The molecule has 0 aliphatic heterocycles. The monoisotopic (exact) mass is 478 g/mol. The van der Waals surface area contributed by atoms with Gasteiger partial charge in [0.25, 0.3) is 5.91 Å². The molecule has 32 heavy (non-hydrogen) atoms. The summed E-state index contributed by atoms with van der Waals surface area (Å²) in [4.78, 5) is 21.0. The maximum Gasteiger partial charge on any atom is 0.282 e. The number of thiazole rings is 1. The molecule has 0 bridgehead atoms. The lowest BCUT2D eigenvalue weighted by atomic mass is 10.1. The van der Waals surface area contributed by atoms with Gasteiger partial charge < -0.3 is 9.42 Å². The van der Waals surface area contributed by atoms with Crippen LogP contribution < -0.4 is 4.90 Å². The largest absolute Gasteiger partial charge is 0.355 e. The second-order valence-corrected chi connectivity index (χ2v) is 8.30. The van der Waals surface area contributed by atoms with Crippen LogP contribution in [0.2, 0.25) is 0 Å². The van der Waals surface area contributed by atoms with Crippen molar-refractivity contribution in [2.24, 2.45) is 0 Å². The van der Waals surface area contributed by atoms with Gasteiger partial charge in [0.15, 0.2) is 22.4 Å². The number of benzene rings is 2. The summed E-state index contributed by atoms with van der Waals surface area (Å²) >= 11 is 1.06. The molecule has 0 N–H and O–H groups in total. The first-order valence-corrected chi connectivity index (χ1v) is 10.5. The number of carbonyl (C=O) groups is 1. The van der Waals surface area contributed by atoms with Crippen LogP contribution in [0.15, 0.2) is 53.1 Å². The van der Waals surface area contributed by atoms with E-state index in [2.05, 4.69) is 10.1 Å². The number of amides is 1. The van der Waals surface area contributed by atoms with Gasteiger partial charge in [-0.1, -0.05) is 46.8 Å². The van der Waals surface area contributed by atoms with Crippen molar-refractivity contribution in [3.05, 3.63) is 65.9 Å². The van der Waals surface area contributed by atoms with Gasteiger partial charge in [0.05, 0.1) is 4.70 Å². The fourth-order valence-corrected chi connectivity index (χ4v) is 4.17. The van der Waals surface area contributed by atoms with Crippen molar-refractivity contribution < 1.29 is 18.1 Å². The van der Waals surface area contributed by atoms with Crippen molar-refractivity contribution >= 4 is 45.0 Å². The molecule has 1 amide bonds. The topological polar surface area (TPSA) is 62.5 Å². The minimum absolute atomic E-state index is 0. The summed E-state index contributed by atoms with van der Waals surface area (Å²) < 4.78 is 33.5. The first-order valence-electron chi connectivity index (χ1n) is 9.66. The Bertz CT molecular complexity index is 1210. The molecule has 2 aromatic carbocycles. The minimum atomic E-state index is -0.758. The van der Waals surface area contributed by atoms with E-state index < -0.39 is 17.5 Å². The van der Waals surface area contributed by atoms with E-state index in [-0.39, 0.29) is 28.7 Å². The number of fused-ring (bicyclic) bond motifs is 1. The van der Waals surface area contributed by atoms with Gasteiger partial charge in [0, 0.05) is 24.2 Å². The number of hydrogen-bond acceptors (Lipinski definition) is 6. The van der Waals surface area contributed by atoms with Crippen molar-refractivity contribution in [2.45, 2.75) is 6.42 Å². The molecule has 4 aromatic rings. The molecule has 0 radical (unpaired) electrons. The third-order valence-corrected chi connectivity index (χ3v) is 5.68. The molecule has 0 saturated heterocycles. The molecule has 2 aromatic heterocycles. The van der Waals surface area contributed by atoms with E-state index >= 15 is 0 Å². The number of aromatic nitrogens is 2. The van der Waals surface area contributed by atoms with E-state index in [4.69, 9.17) is 4.52 Å². The predicted molar refractivity (Wildman–Crippen MR) is 124 cm³/mol. The molecule has 0 saturated carbocycles. The van der Waals surface area contributed by atoms with Crippen LogP contribution in [0, 0.1) is 11.6 Å². The average molecular weight is 479 g/mol. The average Bonchev–Trinajstić information content (AvgIpc) is 3.39. The van der Waals surface area contributed by atoms with Crippen LogP contribution in [-0.2, 0) is 0 Å². The van der Waals surface area contributed by atoms with Crippen molar-refractivity contribution in [2.75, 3.05) is 32.1 Å². The smallest absolute Gasteiger partial charge is 0.282 e. The minimum Gasteiger partial charge on any atom is -0.355 e. The molecule has 0 aliphatic carbocycles. The van der Waals surface area contributed by atoms with E-state index in [1.165, 1.54) is 11.0 Å². The van der Waals surface area contributed by atoms with Crippen molar-refractivity contribution in [3.63, 3.8) is 0 Å². The zero-order valence-corrected chi connectivity index (χ0v) is 19.1. The summed E-state index contributed by atoms with van der Waals surface area (Å²) in [5, 5.41) is 4.22. The van der Waals surface area contributed by atoms with E-state index in [1.807, 2.05) is 49.3 Å². The van der Waals surface area contributed by atoms with Gasteiger partial charge in [-0.05, 0) is 33.1 Å². The number of anilines is 1. The Balaban J connectivity index is 0.00000289. The van der Waals surface area contributed by atoms with Crippen LogP contribution in [0.4, 0.5) is 13.9 Å².